The summed E-state index contributed by atoms with van der Waals surface area (Å²) in [4.78, 5) is 12.9. The van der Waals surface area contributed by atoms with Gasteiger partial charge in [0.15, 0.2) is 0 Å². The maximum Gasteiger partial charge on any atom is 0.239 e. The molecule has 2 saturated carbocycles. The van der Waals surface area contributed by atoms with Gasteiger partial charge in [-0.05, 0) is 43.4 Å². The lowest BCUT2D eigenvalue weighted by Crippen LogP contribution is -2.46. The van der Waals surface area contributed by atoms with E-state index in [9.17, 15) is 13.2 Å². The molecule has 2 bridgehead atoms. The Morgan fingerprint density at radius 3 is 2.68 bits per heavy atom. The van der Waals surface area contributed by atoms with Crippen LogP contribution >= 0.6 is 0 Å². The summed E-state index contributed by atoms with van der Waals surface area (Å²) in [6.07, 6.45) is 5.82. The summed E-state index contributed by atoms with van der Waals surface area (Å²) in [5.41, 5.74) is -0.210. The van der Waals surface area contributed by atoms with Gasteiger partial charge in [0.25, 0.3) is 0 Å². The number of fused-ring (bicyclic) bond motifs is 1. The molecule has 0 aromatic carbocycles. The van der Waals surface area contributed by atoms with E-state index in [4.69, 9.17) is 0 Å². The third kappa shape index (κ3) is 1.81. The van der Waals surface area contributed by atoms with Crippen LogP contribution in [0.15, 0.2) is 12.7 Å². The standard InChI is InChI=1S/C17H27NO3S/c1-5-7-12(6-2)15(19)18-14-10-13-8-9-17(14,16(13,3)4)11-22(18,20)21/h5,12-14H,1,6-11H2,2-4H3/t12-,13?,14?,17+/m1/s1. The monoisotopic (exact) mass is 325 g/mol. The summed E-state index contributed by atoms with van der Waals surface area (Å²) >= 11 is 0. The van der Waals surface area contributed by atoms with Crippen molar-refractivity contribution in [3.8, 4) is 0 Å². The second-order valence-corrected chi connectivity index (χ2v) is 9.73. The average Bonchev–Trinajstić information content (AvgIpc) is 2.90. The summed E-state index contributed by atoms with van der Waals surface area (Å²) in [6, 6.07) is -0.113. The van der Waals surface area contributed by atoms with Crippen molar-refractivity contribution in [2.24, 2.45) is 22.7 Å². The van der Waals surface area contributed by atoms with Gasteiger partial charge in [-0.25, -0.2) is 12.7 Å². The van der Waals surface area contributed by atoms with Gasteiger partial charge in [-0.1, -0.05) is 26.8 Å². The first-order valence-electron chi connectivity index (χ1n) is 8.38. The number of rotatable bonds is 4. The van der Waals surface area contributed by atoms with E-state index in [0.717, 1.165) is 19.3 Å². The Hall–Kier alpha value is -0.840. The molecule has 0 aromatic rings. The van der Waals surface area contributed by atoms with Gasteiger partial charge in [0.1, 0.15) is 0 Å². The zero-order valence-electron chi connectivity index (χ0n) is 13.8. The van der Waals surface area contributed by atoms with Crippen LogP contribution in [0, 0.1) is 22.7 Å². The molecule has 2 aliphatic carbocycles. The van der Waals surface area contributed by atoms with Crippen molar-refractivity contribution in [3.63, 3.8) is 0 Å². The van der Waals surface area contributed by atoms with Crippen LogP contribution in [0.4, 0.5) is 0 Å². The second kappa shape index (κ2) is 4.83. The van der Waals surface area contributed by atoms with Crippen molar-refractivity contribution in [2.45, 2.75) is 58.9 Å². The lowest BCUT2D eigenvalue weighted by atomic mass is 9.69. The van der Waals surface area contributed by atoms with Gasteiger partial charge in [-0.2, -0.15) is 0 Å². The molecule has 0 aromatic heterocycles. The van der Waals surface area contributed by atoms with Crippen LogP contribution < -0.4 is 0 Å². The minimum Gasteiger partial charge on any atom is -0.273 e. The summed E-state index contributed by atoms with van der Waals surface area (Å²) in [6.45, 7) is 10.0. The number of carbonyl (C=O) groups is 1. The van der Waals surface area contributed by atoms with E-state index in [0.29, 0.717) is 18.8 Å². The van der Waals surface area contributed by atoms with Gasteiger partial charge in [0.2, 0.25) is 15.9 Å². The van der Waals surface area contributed by atoms with E-state index in [2.05, 4.69) is 20.4 Å². The summed E-state index contributed by atoms with van der Waals surface area (Å²) in [5.74, 6) is 0.241. The molecule has 3 rings (SSSR count). The SMILES string of the molecule is C=CC[C@@H](CC)C(=O)N1C2CC3CC[C@@]2(CS1(=O)=O)C3(C)C. The summed E-state index contributed by atoms with van der Waals surface area (Å²) in [5, 5.41) is 0. The predicted octanol–water partition coefficient (Wildman–Crippen LogP) is 2.96. The molecule has 2 unspecified atom stereocenters. The first-order valence-corrected chi connectivity index (χ1v) is 9.99. The minimum atomic E-state index is -3.48. The molecule has 1 heterocycles. The molecule has 1 saturated heterocycles. The number of nitrogens with zero attached hydrogens (tertiary/aromatic N) is 1. The number of hydrogen-bond acceptors (Lipinski definition) is 3. The molecule has 5 heteroatoms. The van der Waals surface area contributed by atoms with E-state index >= 15 is 0 Å². The average molecular weight is 325 g/mol. The van der Waals surface area contributed by atoms with Crippen LogP contribution in [-0.4, -0.2) is 30.4 Å². The van der Waals surface area contributed by atoms with Gasteiger partial charge in [0.05, 0.1) is 11.8 Å². The highest BCUT2D eigenvalue weighted by atomic mass is 32.2. The summed E-state index contributed by atoms with van der Waals surface area (Å²) in [7, 11) is -3.48. The van der Waals surface area contributed by atoms with Crippen molar-refractivity contribution in [1.29, 1.82) is 0 Å². The van der Waals surface area contributed by atoms with Gasteiger partial charge in [-0.15, -0.1) is 6.58 Å². The van der Waals surface area contributed by atoms with E-state index in [1.165, 1.54) is 4.31 Å². The number of sulfonamides is 1. The van der Waals surface area contributed by atoms with Crippen LogP contribution in [0.5, 0.6) is 0 Å². The van der Waals surface area contributed by atoms with E-state index < -0.39 is 10.0 Å². The molecule has 124 valence electrons. The van der Waals surface area contributed by atoms with Crippen molar-refractivity contribution in [1.82, 2.24) is 4.31 Å². The molecule has 4 atom stereocenters. The number of hydrogen-bond donors (Lipinski definition) is 0. The minimum absolute atomic E-state index is 0.0138. The van der Waals surface area contributed by atoms with Crippen LogP contribution in [0.1, 0.15) is 52.9 Å². The highest BCUT2D eigenvalue weighted by Crippen LogP contribution is 2.70. The smallest absolute Gasteiger partial charge is 0.239 e. The lowest BCUT2D eigenvalue weighted by molar-refractivity contribution is -0.133. The van der Waals surface area contributed by atoms with E-state index in [1.54, 1.807) is 6.08 Å². The molecule has 0 N–H and O–H groups in total. The van der Waals surface area contributed by atoms with Crippen molar-refractivity contribution in [2.75, 3.05) is 5.75 Å². The van der Waals surface area contributed by atoms with E-state index in [1.807, 2.05) is 6.92 Å². The molecule has 3 fully saturated rings. The normalized spacial score (nSPS) is 38.8. The van der Waals surface area contributed by atoms with Gasteiger partial charge < -0.3 is 0 Å². The Kier molecular flexibility index (Phi) is 3.52. The molecular formula is C17H27NO3S. The number of carbonyl (C=O) groups excluding carboxylic acids is 1. The van der Waals surface area contributed by atoms with Crippen LogP contribution in [-0.2, 0) is 14.8 Å². The second-order valence-electron chi connectivity index (χ2n) is 7.88. The Bertz CT molecular complexity index is 609. The molecule has 3 aliphatic rings. The van der Waals surface area contributed by atoms with Gasteiger partial charge >= 0.3 is 0 Å². The number of amides is 1. The Balaban J connectivity index is 2.00. The zero-order valence-corrected chi connectivity index (χ0v) is 14.7. The first-order chi connectivity index (χ1) is 10.2. The van der Waals surface area contributed by atoms with Gasteiger partial charge in [0, 0.05) is 11.3 Å². The Morgan fingerprint density at radius 1 is 1.45 bits per heavy atom. The fourth-order valence-corrected chi connectivity index (χ4v) is 8.00. The first kappa shape index (κ1) is 16.0. The maximum absolute atomic E-state index is 12.9. The van der Waals surface area contributed by atoms with Crippen molar-refractivity contribution in [3.05, 3.63) is 12.7 Å². The highest BCUT2D eigenvalue weighted by Gasteiger charge is 2.72. The van der Waals surface area contributed by atoms with E-state index in [-0.39, 0.29) is 34.4 Å². The van der Waals surface area contributed by atoms with Gasteiger partial charge in [-0.3, -0.25) is 4.79 Å². The lowest BCUT2D eigenvalue weighted by Gasteiger charge is -2.37. The van der Waals surface area contributed by atoms with Crippen molar-refractivity contribution < 1.29 is 13.2 Å². The molecule has 4 nitrogen and oxygen atoms in total. The van der Waals surface area contributed by atoms with Crippen LogP contribution in [0.2, 0.25) is 0 Å². The summed E-state index contributed by atoms with van der Waals surface area (Å²) < 4.78 is 26.9. The Morgan fingerprint density at radius 2 is 2.14 bits per heavy atom. The Labute approximate surface area is 134 Å². The molecule has 1 spiro atoms. The predicted molar refractivity (Wildman–Crippen MR) is 86.6 cm³/mol. The molecule has 1 aliphatic heterocycles. The maximum atomic E-state index is 12.9. The quantitative estimate of drug-likeness (QED) is 0.747. The largest absolute Gasteiger partial charge is 0.273 e. The topological polar surface area (TPSA) is 54.5 Å². The number of allylic oxidation sites excluding steroid dienone is 1. The molecule has 1 amide bonds. The van der Waals surface area contributed by atoms with Crippen molar-refractivity contribution >= 4 is 15.9 Å². The third-order valence-corrected chi connectivity index (χ3v) is 8.84. The fraction of sp³-hybridized carbons (Fsp3) is 0.824. The molecular weight excluding hydrogens is 298 g/mol. The molecule has 22 heavy (non-hydrogen) atoms. The van der Waals surface area contributed by atoms with Crippen LogP contribution in [0.25, 0.3) is 0 Å². The molecule has 0 radical (unpaired) electrons. The third-order valence-electron chi connectivity index (χ3n) is 6.92. The van der Waals surface area contributed by atoms with Crippen LogP contribution in [0.3, 0.4) is 0 Å². The fourth-order valence-electron chi connectivity index (χ4n) is 5.40. The zero-order chi connectivity index (χ0) is 16.3. The highest BCUT2D eigenvalue weighted by molar-refractivity contribution is 7.90.